The van der Waals surface area contributed by atoms with Gasteiger partial charge in [-0.15, -0.1) is 13.2 Å². The van der Waals surface area contributed by atoms with Gasteiger partial charge >= 0.3 is 6.36 Å². The third-order valence-electron chi connectivity index (χ3n) is 5.52. The third-order valence-corrected chi connectivity index (χ3v) is 5.52. The fraction of sp³-hybridized carbons (Fsp3) is 0.400. The predicted octanol–water partition coefficient (Wildman–Crippen LogP) is 5.49. The summed E-state index contributed by atoms with van der Waals surface area (Å²) < 4.78 is 48.8. The number of benzene rings is 1. The number of halogens is 3. The van der Waals surface area contributed by atoms with Crippen molar-refractivity contribution in [2.24, 2.45) is 5.92 Å². The Morgan fingerprint density at radius 3 is 2.47 bits per heavy atom. The van der Waals surface area contributed by atoms with Crippen molar-refractivity contribution in [3.8, 4) is 16.9 Å². The maximum Gasteiger partial charge on any atom is 0.573 e. The minimum Gasteiger partial charge on any atom is -0.405 e. The summed E-state index contributed by atoms with van der Waals surface area (Å²) in [5, 5.41) is 6.41. The van der Waals surface area contributed by atoms with E-state index in [-0.39, 0.29) is 36.1 Å². The summed E-state index contributed by atoms with van der Waals surface area (Å²) >= 11 is 0. The number of carbonyl (C=O) groups excluding carboxylic acids is 2. The van der Waals surface area contributed by atoms with Crippen LogP contribution in [-0.4, -0.2) is 33.2 Å². The summed E-state index contributed by atoms with van der Waals surface area (Å²) in [4.78, 5) is 32.8. The molecule has 2 aromatic heterocycles. The molecule has 1 N–H and O–H groups in total. The quantitative estimate of drug-likeness (QED) is 0.406. The van der Waals surface area contributed by atoms with E-state index in [1.54, 1.807) is 18.2 Å². The summed E-state index contributed by atoms with van der Waals surface area (Å²) in [7, 11) is 0. The van der Waals surface area contributed by atoms with Gasteiger partial charge in [-0.05, 0) is 54.2 Å². The van der Waals surface area contributed by atoms with Crippen LogP contribution in [-0.2, 0) is 16.6 Å². The minimum absolute atomic E-state index is 0.0169. The lowest BCUT2D eigenvalue weighted by Crippen LogP contribution is -2.18. The van der Waals surface area contributed by atoms with Gasteiger partial charge in [-0.2, -0.15) is 4.98 Å². The Kier molecular flexibility index (Phi) is 6.83. The highest BCUT2D eigenvalue weighted by atomic mass is 19.4. The highest BCUT2D eigenvalue weighted by Gasteiger charge is 2.33. The normalized spacial score (nSPS) is 13.9. The van der Waals surface area contributed by atoms with Gasteiger partial charge in [0.25, 0.3) is 0 Å². The van der Waals surface area contributed by atoms with E-state index in [4.69, 9.17) is 4.52 Å². The van der Waals surface area contributed by atoms with Crippen LogP contribution in [0.3, 0.4) is 0 Å². The molecule has 1 aromatic carbocycles. The molecule has 0 unspecified atom stereocenters. The van der Waals surface area contributed by atoms with Crippen LogP contribution in [0.2, 0.25) is 0 Å². The van der Waals surface area contributed by atoms with Crippen LogP contribution in [0.4, 0.5) is 19.0 Å². The van der Waals surface area contributed by atoms with E-state index in [1.807, 2.05) is 20.8 Å². The topological polar surface area (TPSA) is 107 Å². The number of rotatable bonds is 8. The van der Waals surface area contributed by atoms with E-state index in [0.717, 1.165) is 12.8 Å². The molecule has 8 nitrogen and oxygen atoms in total. The molecular weight excluding hydrogens is 477 g/mol. The van der Waals surface area contributed by atoms with Crippen LogP contribution in [0.15, 0.2) is 41.1 Å². The van der Waals surface area contributed by atoms with Crippen LogP contribution >= 0.6 is 0 Å². The summed E-state index contributed by atoms with van der Waals surface area (Å²) in [6.07, 6.45) is -1.96. The highest BCUT2D eigenvalue weighted by molar-refractivity contribution is 5.94. The van der Waals surface area contributed by atoms with E-state index in [9.17, 15) is 22.8 Å². The Balaban J connectivity index is 1.53. The number of aryl methyl sites for hydroxylation is 1. The number of alkyl halides is 3. The van der Waals surface area contributed by atoms with Crippen LogP contribution in [0.1, 0.15) is 62.1 Å². The molecule has 190 valence electrons. The second kappa shape index (κ2) is 9.71. The van der Waals surface area contributed by atoms with Gasteiger partial charge in [-0.3, -0.25) is 9.59 Å². The largest absolute Gasteiger partial charge is 0.573 e. The predicted molar refractivity (Wildman–Crippen MR) is 123 cm³/mol. The minimum atomic E-state index is -4.92. The number of ketones is 1. The number of hydrogen-bond donors (Lipinski definition) is 1. The van der Waals surface area contributed by atoms with Gasteiger partial charge < -0.3 is 14.6 Å². The average Bonchev–Trinajstić information content (AvgIpc) is 3.52. The van der Waals surface area contributed by atoms with Gasteiger partial charge in [0, 0.05) is 24.0 Å². The van der Waals surface area contributed by atoms with Crippen molar-refractivity contribution in [3.05, 3.63) is 53.8 Å². The first-order chi connectivity index (χ1) is 16.9. The number of nitrogens with zero attached hydrogens (tertiary/aromatic N) is 3. The lowest BCUT2D eigenvalue weighted by molar-refractivity contribution is -0.274. The Labute approximate surface area is 205 Å². The first kappa shape index (κ1) is 25.3. The molecule has 3 aromatic rings. The Morgan fingerprint density at radius 2 is 1.83 bits per heavy atom. The molecule has 1 aliphatic rings. The van der Waals surface area contributed by atoms with Crippen molar-refractivity contribution in [3.63, 3.8) is 0 Å². The molecule has 0 saturated heterocycles. The summed E-state index contributed by atoms with van der Waals surface area (Å²) in [5.41, 5.74) is 0.733. The van der Waals surface area contributed by atoms with Crippen LogP contribution in [0, 0.1) is 5.92 Å². The Hall–Kier alpha value is -3.76. The van der Waals surface area contributed by atoms with Crippen LogP contribution in [0.25, 0.3) is 11.1 Å². The molecule has 11 heteroatoms. The fourth-order valence-corrected chi connectivity index (χ4v) is 3.41. The second-order valence-corrected chi connectivity index (χ2v) is 9.66. The van der Waals surface area contributed by atoms with E-state index < -0.39 is 23.3 Å². The molecule has 1 fully saturated rings. The zero-order valence-electron chi connectivity index (χ0n) is 20.0. The van der Waals surface area contributed by atoms with Gasteiger partial charge in [0.15, 0.2) is 0 Å². The van der Waals surface area contributed by atoms with Gasteiger partial charge in [-0.25, -0.2) is 4.98 Å². The van der Waals surface area contributed by atoms with Gasteiger partial charge in [0.1, 0.15) is 11.6 Å². The van der Waals surface area contributed by atoms with Crippen molar-refractivity contribution in [2.45, 2.75) is 58.2 Å². The van der Waals surface area contributed by atoms with Crippen molar-refractivity contribution in [1.82, 2.24) is 15.1 Å². The number of hydrogen-bond acceptors (Lipinski definition) is 7. The van der Waals surface area contributed by atoms with Crippen LogP contribution < -0.4 is 10.1 Å². The van der Waals surface area contributed by atoms with Gasteiger partial charge in [-0.1, -0.05) is 38.1 Å². The van der Waals surface area contributed by atoms with E-state index in [2.05, 4.69) is 25.2 Å². The maximum absolute atomic E-state index is 13.1. The number of pyridine rings is 1. The van der Waals surface area contributed by atoms with Crippen molar-refractivity contribution in [1.29, 1.82) is 0 Å². The first-order valence-electron chi connectivity index (χ1n) is 11.4. The molecular formula is C25H25F3N4O4. The van der Waals surface area contributed by atoms with Gasteiger partial charge in [0.2, 0.25) is 23.4 Å². The molecule has 2 heterocycles. The van der Waals surface area contributed by atoms with Crippen LogP contribution in [0.5, 0.6) is 5.75 Å². The monoisotopic (exact) mass is 502 g/mol. The summed E-state index contributed by atoms with van der Waals surface area (Å²) in [5.74, 6) is -0.535. The lowest BCUT2D eigenvalue weighted by atomic mass is 9.97. The SMILES string of the molecule is CC(C)(C)c1nc(C(=O)CCc2ccc(-c3ccnc(NC(=O)C4CC4)c3)cc2OC(F)(F)F)no1. The lowest BCUT2D eigenvalue weighted by Gasteiger charge is -2.15. The second-order valence-electron chi connectivity index (χ2n) is 9.66. The number of carbonyl (C=O) groups is 2. The smallest absolute Gasteiger partial charge is 0.405 e. The number of ether oxygens (including phenoxy) is 1. The molecule has 36 heavy (non-hydrogen) atoms. The molecule has 0 bridgehead atoms. The third kappa shape index (κ3) is 6.46. The Morgan fingerprint density at radius 1 is 1.11 bits per heavy atom. The van der Waals surface area contributed by atoms with E-state index in [1.165, 1.54) is 18.3 Å². The molecule has 0 aliphatic heterocycles. The fourth-order valence-electron chi connectivity index (χ4n) is 3.41. The average molecular weight is 502 g/mol. The maximum atomic E-state index is 13.1. The number of Topliss-reactive ketones (excluding diaryl/α,β-unsaturated/α-hetero) is 1. The van der Waals surface area contributed by atoms with Gasteiger partial charge in [0.05, 0.1) is 0 Å². The summed E-state index contributed by atoms with van der Waals surface area (Å²) in [6, 6.07) is 7.55. The van der Waals surface area contributed by atoms with Crippen molar-refractivity contribution >= 4 is 17.5 Å². The number of amides is 1. The molecule has 0 atom stereocenters. The summed E-state index contributed by atoms with van der Waals surface area (Å²) in [6.45, 7) is 5.55. The zero-order chi connectivity index (χ0) is 26.1. The molecule has 1 aliphatic carbocycles. The van der Waals surface area contributed by atoms with E-state index in [0.29, 0.717) is 22.8 Å². The van der Waals surface area contributed by atoms with Crippen molar-refractivity contribution < 1.29 is 32.0 Å². The van der Waals surface area contributed by atoms with Crippen molar-refractivity contribution in [2.75, 3.05) is 5.32 Å². The number of nitrogens with one attached hydrogen (secondary N) is 1. The number of aromatic nitrogens is 3. The number of anilines is 1. The standard InChI is InChI=1S/C25H25F3N4O4/c1-24(2,3)23-31-21(32-36-23)18(33)9-8-14-4-7-16(12-19(14)35-25(26,27)28)17-10-11-29-20(13-17)30-22(34)15-5-6-15/h4,7,10-13,15H,5-6,8-9H2,1-3H3,(H,29,30,34). The molecule has 1 saturated carbocycles. The molecule has 4 rings (SSSR count). The first-order valence-corrected chi connectivity index (χ1v) is 11.4. The molecule has 0 spiro atoms. The molecule has 0 radical (unpaired) electrons. The molecule has 1 amide bonds. The Bertz CT molecular complexity index is 1280. The zero-order valence-corrected chi connectivity index (χ0v) is 20.0. The highest BCUT2D eigenvalue weighted by Crippen LogP contribution is 2.34. The van der Waals surface area contributed by atoms with E-state index >= 15 is 0 Å².